The Kier molecular flexibility index (Phi) is 4.01. The first-order chi connectivity index (χ1) is 8.50. The molecule has 1 aliphatic rings. The molecule has 1 aromatic rings. The Morgan fingerprint density at radius 3 is 2.72 bits per heavy atom. The van der Waals surface area contributed by atoms with Gasteiger partial charge in [-0.15, -0.1) is 11.3 Å². The van der Waals surface area contributed by atoms with Crippen molar-refractivity contribution in [1.82, 2.24) is 4.90 Å². The monoisotopic (exact) mass is 332 g/mol. The van der Waals surface area contributed by atoms with E-state index in [1.165, 1.54) is 6.07 Å². The highest BCUT2D eigenvalue weighted by Crippen LogP contribution is 2.34. The van der Waals surface area contributed by atoms with Crippen molar-refractivity contribution in [3.05, 3.63) is 24.8 Å². The number of carbonyl (C=O) groups is 1. The summed E-state index contributed by atoms with van der Waals surface area (Å²) in [5, 5.41) is 10.9. The van der Waals surface area contributed by atoms with Crippen molar-refractivity contribution in [1.29, 1.82) is 0 Å². The molecular formula is C11H13BrN2O3S. The predicted octanol–water partition coefficient (Wildman–Crippen LogP) is 3.43. The Hall–Kier alpha value is -0.950. The molecule has 18 heavy (non-hydrogen) atoms. The molecular weight excluding hydrogens is 320 g/mol. The lowest BCUT2D eigenvalue weighted by Crippen LogP contribution is -2.34. The van der Waals surface area contributed by atoms with Crippen molar-refractivity contribution >= 4 is 38.9 Å². The molecule has 1 saturated carbocycles. The molecule has 98 valence electrons. The van der Waals surface area contributed by atoms with Crippen LogP contribution >= 0.6 is 27.3 Å². The van der Waals surface area contributed by atoms with Gasteiger partial charge in [0, 0.05) is 19.2 Å². The summed E-state index contributed by atoms with van der Waals surface area (Å²) in [4.78, 5) is 24.5. The molecule has 0 atom stereocenters. The van der Waals surface area contributed by atoms with Crippen LogP contribution in [0.5, 0.6) is 0 Å². The van der Waals surface area contributed by atoms with Crippen LogP contribution in [0.4, 0.5) is 5.69 Å². The van der Waals surface area contributed by atoms with Crippen LogP contribution in [-0.2, 0) is 0 Å². The summed E-state index contributed by atoms with van der Waals surface area (Å²) in [6, 6.07) is 1.61. The molecule has 2 rings (SSSR count). The van der Waals surface area contributed by atoms with Gasteiger partial charge in [-0.3, -0.25) is 14.9 Å². The Labute approximate surface area is 117 Å². The molecule has 1 aliphatic carbocycles. The van der Waals surface area contributed by atoms with E-state index in [0.717, 1.165) is 37.0 Å². The molecule has 0 aromatic carbocycles. The number of carbonyl (C=O) groups excluding carboxylic acids is 1. The highest BCUT2D eigenvalue weighted by Gasteiger charge is 2.30. The normalized spacial score (nSPS) is 15.9. The van der Waals surface area contributed by atoms with Crippen molar-refractivity contribution in [3.63, 3.8) is 0 Å². The first kappa shape index (κ1) is 13.5. The van der Waals surface area contributed by atoms with Crippen molar-refractivity contribution in [3.8, 4) is 0 Å². The lowest BCUT2D eigenvalue weighted by atomic mass is 10.2. The van der Waals surface area contributed by atoms with Crippen LogP contribution in [0, 0.1) is 10.1 Å². The summed E-state index contributed by atoms with van der Waals surface area (Å²) in [6.45, 7) is 0. The molecule has 0 bridgehead atoms. The smallest absolute Gasteiger partial charge is 0.294 e. The van der Waals surface area contributed by atoms with E-state index >= 15 is 0 Å². The molecule has 1 fully saturated rings. The van der Waals surface area contributed by atoms with Crippen LogP contribution in [0.2, 0.25) is 0 Å². The fourth-order valence-electron chi connectivity index (χ4n) is 2.26. The van der Waals surface area contributed by atoms with Crippen LogP contribution in [0.25, 0.3) is 0 Å². The first-order valence-electron chi connectivity index (χ1n) is 5.71. The van der Waals surface area contributed by atoms with Crippen LogP contribution < -0.4 is 0 Å². The lowest BCUT2D eigenvalue weighted by molar-refractivity contribution is -0.384. The number of hydrogen-bond donors (Lipinski definition) is 0. The Bertz CT molecular complexity index is 483. The number of nitrogens with zero attached hydrogens (tertiary/aromatic N) is 2. The SMILES string of the molecule is CN(C(=O)c1sc(Br)cc1[N+](=O)[O-])C1CCCC1. The van der Waals surface area contributed by atoms with Gasteiger partial charge in [0.25, 0.3) is 11.6 Å². The molecule has 0 aliphatic heterocycles. The van der Waals surface area contributed by atoms with Crippen LogP contribution in [-0.4, -0.2) is 28.8 Å². The molecule has 0 unspecified atom stereocenters. The number of halogens is 1. The van der Waals surface area contributed by atoms with Gasteiger partial charge in [0.2, 0.25) is 0 Å². The quantitative estimate of drug-likeness (QED) is 0.629. The van der Waals surface area contributed by atoms with E-state index in [4.69, 9.17) is 0 Å². The Balaban J connectivity index is 2.24. The zero-order chi connectivity index (χ0) is 13.3. The number of amides is 1. The highest BCUT2D eigenvalue weighted by atomic mass is 79.9. The summed E-state index contributed by atoms with van der Waals surface area (Å²) < 4.78 is 0.609. The highest BCUT2D eigenvalue weighted by molar-refractivity contribution is 9.11. The first-order valence-corrected chi connectivity index (χ1v) is 7.32. The fourth-order valence-corrected chi connectivity index (χ4v) is 3.80. The average Bonchev–Trinajstić information content (AvgIpc) is 2.95. The Morgan fingerprint density at radius 1 is 1.56 bits per heavy atom. The number of nitro groups is 1. The largest absolute Gasteiger partial charge is 0.338 e. The molecule has 0 spiro atoms. The molecule has 0 radical (unpaired) electrons. The lowest BCUT2D eigenvalue weighted by Gasteiger charge is -2.23. The zero-order valence-electron chi connectivity index (χ0n) is 9.89. The van der Waals surface area contributed by atoms with Crippen molar-refractivity contribution in [2.75, 3.05) is 7.05 Å². The molecule has 1 heterocycles. The third-order valence-electron chi connectivity index (χ3n) is 3.27. The summed E-state index contributed by atoms with van der Waals surface area (Å²) in [6.07, 6.45) is 4.22. The second-order valence-electron chi connectivity index (χ2n) is 4.38. The zero-order valence-corrected chi connectivity index (χ0v) is 12.3. The standard InChI is InChI=1S/C11H13BrN2O3S/c1-13(7-4-2-3-5-7)11(15)10-8(14(16)17)6-9(12)18-10/h6-7H,2-5H2,1H3. The van der Waals surface area contributed by atoms with Gasteiger partial charge in [-0.1, -0.05) is 12.8 Å². The predicted molar refractivity (Wildman–Crippen MR) is 73.0 cm³/mol. The van der Waals surface area contributed by atoms with Gasteiger partial charge >= 0.3 is 0 Å². The topological polar surface area (TPSA) is 63.5 Å². The van der Waals surface area contributed by atoms with E-state index < -0.39 is 4.92 Å². The second-order valence-corrected chi connectivity index (χ2v) is 6.81. The maximum absolute atomic E-state index is 12.3. The van der Waals surface area contributed by atoms with Crippen molar-refractivity contribution in [2.45, 2.75) is 31.7 Å². The van der Waals surface area contributed by atoms with E-state index in [1.54, 1.807) is 11.9 Å². The Morgan fingerprint density at radius 2 is 2.17 bits per heavy atom. The third-order valence-corrected chi connectivity index (χ3v) is 4.88. The van der Waals surface area contributed by atoms with Gasteiger partial charge in [-0.25, -0.2) is 0 Å². The molecule has 0 N–H and O–H groups in total. The van der Waals surface area contributed by atoms with Crippen molar-refractivity contribution in [2.24, 2.45) is 0 Å². The van der Waals surface area contributed by atoms with Crippen molar-refractivity contribution < 1.29 is 9.72 Å². The van der Waals surface area contributed by atoms with E-state index in [1.807, 2.05) is 0 Å². The summed E-state index contributed by atoms with van der Waals surface area (Å²) in [7, 11) is 1.73. The van der Waals surface area contributed by atoms with Gasteiger partial charge in [0.15, 0.2) is 4.88 Å². The van der Waals surface area contributed by atoms with Gasteiger partial charge in [0.1, 0.15) is 0 Å². The van der Waals surface area contributed by atoms with Gasteiger partial charge in [-0.2, -0.15) is 0 Å². The molecule has 5 nitrogen and oxygen atoms in total. The molecule has 1 aromatic heterocycles. The second kappa shape index (κ2) is 5.36. The molecule has 0 saturated heterocycles. The van der Waals surface area contributed by atoms with Gasteiger partial charge in [0.05, 0.1) is 8.71 Å². The number of hydrogen-bond acceptors (Lipinski definition) is 4. The minimum atomic E-state index is -0.503. The van der Waals surface area contributed by atoms with E-state index in [2.05, 4.69) is 15.9 Å². The number of thiophene rings is 1. The maximum Gasteiger partial charge on any atom is 0.294 e. The minimum absolute atomic E-state index is 0.110. The van der Waals surface area contributed by atoms with Gasteiger partial charge < -0.3 is 4.90 Å². The van der Waals surface area contributed by atoms with Crippen LogP contribution in [0.3, 0.4) is 0 Å². The van der Waals surface area contributed by atoms with E-state index in [0.29, 0.717) is 3.79 Å². The van der Waals surface area contributed by atoms with Gasteiger partial charge in [-0.05, 0) is 28.8 Å². The van der Waals surface area contributed by atoms with E-state index in [9.17, 15) is 14.9 Å². The number of rotatable bonds is 3. The minimum Gasteiger partial charge on any atom is -0.338 e. The van der Waals surface area contributed by atoms with E-state index in [-0.39, 0.29) is 22.5 Å². The van der Waals surface area contributed by atoms with Crippen LogP contribution in [0.1, 0.15) is 35.4 Å². The molecule has 1 amide bonds. The summed E-state index contributed by atoms with van der Waals surface area (Å²) in [5.41, 5.74) is -0.110. The average molecular weight is 333 g/mol. The third kappa shape index (κ3) is 2.56. The summed E-state index contributed by atoms with van der Waals surface area (Å²) >= 11 is 4.32. The maximum atomic E-state index is 12.3. The fraction of sp³-hybridized carbons (Fsp3) is 0.545. The summed E-state index contributed by atoms with van der Waals surface area (Å²) in [5.74, 6) is -0.246. The van der Waals surface area contributed by atoms with Crippen LogP contribution in [0.15, 0.2) is 9.85 Å². The molecule has 7 heteroatoms.